The predicted molar refractivity (Wildman–Crippen MR) is 133 cm³/mol. The Morgan fingerprint density at radius 1 is 0.897 bits per heavy atom. The molecule has 0 bridgehead atoms. The Morgan fingerprint density at radius 3 is 1.95 bits per heavy atom. The van der Waals surface area contributed by atoms with Crippen molar-refractivity contribution < 1.29 is 57.1 Å². The van der Waals surface area contributed by atoms with E-state index in [0.29, 0.717) is 0 Å². The highest BCUT2D eigenvalue weighted by Crippen LogP contribution is 2.44. The van der Waals surface area contributed by atoms with Crippen LogP contribution in [0.4, 0.5) is 0 Å². The highest BCUT2D eigenvalue weighted by Gasteiger charge is 2.61. The molecule has 0 amide bonds. The highest BCUT2D eigenvalue weighted by atomic mass is 35.5. The summed E-state index contributed by atoms with van der Waals surface area (Å²) in [6.45, 7) is 9.05. The molecule has 13 heteroatoms. The van der Waals surface area contributed by atoms with Crippen LogP contribution in [0.2, 0.25) is 5.02 Å². The summed E-state index contributed by atoms with van der Waals surface area (Å²) in [5.74, 6) is -5.91. The smallest absolute Gasteiger partial charge is 0.340 e. The summed E-state index contributed by atoms with van der Waals surface area (Å²) in [4.78, 5) is 60.9. The topological polar surface area (TPSA) is 150 Å². The van der Waals surface area contributed by atoms with Crippen molar-refractivity contribution >= 4 is 41.4 Å². The first-order valence-electron chi connectivity index (χ1n) is 11.9. The van der Waals surface area contributed by atoms with Gasteiger partial charge in [0.2, 0.25) is 11.9 Å². The lowest BCUT2D eigenvalue weighted by Gasteiger charge is -2.50. The Balaban J connectivity index is 2.80. The Morgan fingerprint density at radius 2 is 1.46 bits per heavy atom. The fourth-order valence-electron chi connectivity index (χ4n) is 4.01. The number of hydrogen-bond donors (Lipinski definition) is 0. The number of ether oxygens (including phenoxy) is 7. The van der Waals surface area contributed by atoms with Gasteiger partial charge in [-0.25, -0.2) is 4.79 Å². The molecule has 1 aliphatic rings. The van der Waals surface area contributed by atoms with E-state index in [4.69, 9.17) is 44.8 Å². The average molecular weight is 573 g/mol. The Hall–Kier alpha value is -3.22. The van der Waals surface area contributed by atoms with Crippen molar-refractivity contribution in [2.45, 2.75) is 84.3 Å². The van der Waals surface area contributed by atoms with Crippen LogP contribution in [0.5, 0.6) is 0 Å². The fraction of sp³-hybridized carbons (Fsp3) is 0.577. The lowest BCUT2D eigenvalue weighted by molar-refractivity contribution is -0.367. The largest absolute Gasteiger partial charge is 0.463 e. The fourth-order valence-corrected chi connectivity index (χ4v) is 4.21. The van der Waals surface area contributed by atoms with E-state index in [2.05, 4.69) is 0 Å². The molecular formula is C26H33ClO12. The molecule has 1 aromatic rings. The number of esters is 5. The van der Waals surface area contributed by atoms with Crippen LogP contribution in [0.1, 0.15) is 64.4 Å². The third-order valence-electron chi connectivity index (χ3n) is 5.33. The molecule has 0 saturated carbocycles. The minimum Gasteiger partial charge on any atom is -0.463 e. The minimum absolute atomic E-state index is 0.0462. The predicted octanol–water partition coefficient (Wildman–Crippen LogP) is 2.85. The van der Waals surface area contributed by atoms with Crippen LogP contribution in [-0.4, -0.2) is 73.6 Å². The molecule has 1 saturated heterocycles. The SMILES string of the molecule is COC1(c2ccc(Cl)c(C(=O)OC(C)(C)C)c2)O[C@H](COC(C)=O)[C@@H](OC(C)=O)[C@H](OC(C)=O)[C@@H]1OC(C)=O. The Bertz CT molecular complexity index is 1110. The molecule has 1 aliphatic heterocycles. The second-order valence-electron chi connectivity index (χ2n) is 9.71. The number of carbonyl (C=O) groups excluding carboxylic acids is 5. The van der Waals surface area contributed by atoms with Gasteiger partial charge >= 0.3 is 29.8 Å². The van der Waals surface area contributed by atoms with Crippen molar-refractivity contribution in [3.63, 3.8) is 0 Å². The van der Waals surface area contributed by atoms with Gasteiger partial charge in [0.1, 0.15) is 18.3 Å². The molecule has 0 aromatic heterocycles. The van der Waals surface area contributed by atoms with Gasteiger partial charge in [0.05, 0.1) is 10.6 Å². The first-order chi connectivity index (χ1) is 18.0. The number of benzene rings is 1. The van der Waals surface area contributed by atoms with E-state index >= 15 is 0 Å². The monoisotopic (exact) mass is 572 g/mol. The van der Waals surface area contributed by atoms with Gasteiger partial charge in [-0.05, 0) is 32.9 Å². The lowest BCUT2D eigenvalue weighted by atomic mass is 9.86. The molecule has 39 heavy (non-hydrogen) atoms. The Labute approximate surface area is 231 Å². The van der Waals surface area contributed by atoms with Gasteiger partial charge in [-0.3, -0.25) is 19.2 Å². The summed E-state index contributed by atoms with van der Waals surface area (Å²) in [5, 5.41) is 0.0462. The quantitative estimate of drug-likeness (QED) is 0.333. The molecule has 1 heterocycles. The zero-order valence-electron chi connectivity index (χ0n) is 23.0. The number of methoxy groups -OCH3 is 1. The lowest BCUT2D eigenvalue weighted by Crippen LogP contribution is -2.67. The van der Waals surface area contributed by atoms with Crippen molar-refractivity contribution in [3.8, 4) is 0 Å². The van der Waals surface area contributed by atoms with Crippen LogP contribution in [0.15, 0.2) is 18.2 Å². The van der Waals surface area contributed by atoms with Gasteiger partial charge in [-0.15, -0.1) is 0 Å². The van der Waals surface area contributed by atoms with E-state index in [1.54, 1.807) is 20.8 Å². The average Bonchev–Trinajstić information content (AvgIpc) is 2.79. The molecular weight excluding hydrogens is 540 g/mol. The van der Waals surface area contributed by atoms with Crippen LogP contribution in [0.3, 0.4) is 0 Å². The van der Waals surface area contributed by atoms with Crippen LogP contribution in [0, 0.1) is 0 Å². The van der Waals surface area contributed by atoms with Crippen molar-refractivity contribution in [3.05, 3.63) is 34.3 Å². The summed E-state index contributed by atoms with van der Waals surface area (Å²) in [5.41, 5.74) is -0.801. The second kappa shape index (κ2) is 12.8. The van der Waals surface area contributed by atoms with Crippen molar-refractivity contribution in [2.75, 3.05) is 13.7 Å². The highest BCUT2D eigenvalue weighted by molar-refractivity contribution is 6.33. The number of rotatable bonds is 8. The van der Waals surface area contributed by atoms with Gasteiger partial charge in [-0.1, -0.05) is 17.7 Å². The summed E-state index contributed by atoms with van der Waals surface area (Å²) in [7, 11) is 1.22. The third kappa shape index (κ3) is 8.13. The summed E-state index contributed by atoms with van der Waals surface area (Å²) >= 11 is 6.31. The van der Waals surface area contributed by atoms with Gasteiger partial charge in [-0.2, -0.15) is 0 Å². The zero-order valence-corrected chi connectivity index (χ0v) is 23.8. The standard InChI is InChI=1S/C26H33ClO12/c1-13(28)34-12-20-21(35-14(2)29)22(36-15(3)30)23(37-16(4)31)26(33-8,38-20)17-9-10-19(27)18(11-17)24(32)39-25(5,6)7/h9-11,20-23H,12H2,1-8H3/t20-,21-,22+,23+,26?/m1/s1. The maximum Gasteiger partial charge on any atom is 0.340 e. The molecule has 1 fully saturated rings. The summed E-state index contributed by atoms with van der Waals surface area (Å²) < 4.78 is 39.0. The van der Waals surface area contributed by atoms with Crippen LogP contribution in [-0.2, 0) is 58.1 Å². The molecule has 0 spiro atoms. The van der Waals surface area contributed by atoms with Crippen LogP contribution < -0.4 is 0 Å². The maximum absolute atomic E-state index is 12.9. The maximum atomic E-state index is 12.9. The molecule has 216 valence electrons. The minimum atomic E-state index is -2.07. The normalized spacial score (nSPS) is 24.7. The van der Waals surface area contributed by atoms with E-state index < -0.39 is 72.3 Å². The van der Waals surface area contributed by atoms with E-state index in [-0.39, 0.29) is 16.1 Å². The molecule has 5 atom stereocenters. The van der Waals surface area contributed by atoms with Gasteiger partial charge in [0, 0.05) is 40.4 Å². The number of hydrogen-bond acceptors (Lipinski definition) is 12. The van der Waals surface area contributed by atoms with Crippen molar-refractivity contribution in [1.29, 1.82) is 0 Å². The summed E-state index contributed by atoms with van der Waals surface area (Å²) in [6.07, 6.45) is -5.75. The Kier molecular flexibility index (Phi) is 10.5. The molecule has 0 aliphatic carbocycles. The van der Waals surface area contributed by atoms with E-state index in [1.807, 2.05) is 0 Å². The summed E-state index contributed by atoms with van der Waals surface area (Å²) in [6, 6.07) is 4.14. The number of halogens is 1. The zero-order chi connectivity index (χ0) is 29.7. The van der Waals surface area contributed by atoms with E-state index in [1.165, 1.54) is 25.3 Å². The molecule has 1 unspecified atom stereocenters. The van der Waals surface area contributed by atoms with Gasteiger partial charge in [0.15, 0.2) is 12.2 Å². The molecule has 12 nitrogen and oxygen atoms in total. The van der Waals surface area contributed by atoms with Gasteiger partial charge < -0.3 is 33.2 Å². The molecule has 1 aromatic carbocycles. The first kappa shape index (κ1) is 32.0. The van der Waals surface area contributed by atoms with E-state index in [0.717, 1.165) is 27.7 Å². The molecule has 0 radical (unpaired) electrons. The second-order valence-corrected chi connectivity index (χ2v) is 10.1. The van der Waals surface area contributed by atoms with E-state index in [9.17, 15) is 24.0 Å². The van der Waals surface area contributed by atoms with Crippen LogP contribution >= 0.6 is 11.6 Å². The molecule has 0 N–H and O–H groups in total. The third-order valence-corrected chi connectivity index (χ3v) is 5.66. The van der Waals surface area contributed by atoms with Gasteiger partial charge in [0.25, 0.3) is 0 Å². The van der Waals surface area contributed by atoms with Crippen molar-refractivity contribution in [1.82, 2.24) is 0 Å². The molecule has 2 rings (SSSR count). The first-order valence-corrected chi connectivity index (χ1v) is 12.3. The van der Waals surface area contributed by atoms with Crippen LogP contribution in [0.25, 0.3) is 0 Å². The number of carbonyl (C=O) groups is 5. The van der Waals surface area contributed by atoms with Crippen molar-refractivity contribution in [2.24, 2.45) is 0 Å².